The molecule has 8 heteroatoms. The van der Waals surface area contributed by atoms with Gasteiger partial charge >= 0.3 is 0 Å². The zero-order chi connectivity index (χ0) is 12.9. The summed E-state index contributed by atoms with van der Waals surface area (Å²) in [7, 11) is -3.47. The van der Waals surface area contributed by atoms with Gasteiger partial charge in [-0.05, 0) is 20.4 Å². The van der Waals surface area contributed by atoms with Crippen molar-refractivity contribution in [3.63, 3.8) is 0 Å². The van der Waals surface area contributed by atoms with Crippen LogP contribution in [0.2, 0.25) is 0 Å². The number of hydrogen-bond acceptors (Lipinski definition) is 4. The van der Waals surface area contributed by atoms with Crippen molar-refractivity contribution < 1.29 is 8.42 Å². The summed E-state index contributed by atoms with van der Waals surface area (Å²) < 4.78 is 28.0. The fourth-order valence-electron chi connectivity index (χ4n) is 1.45. The number of aromatic nitrogens is 2. The van der Waals surface area contributed by atoms with Crippen LogP contribution >= 0.6 is 12.4 Å². The van der Waals surface area contributed by atoms with Crippen LogP contribution in [0.4, 0.5) is 0 Å². The van der Waals surface area contributed by atoms with Crippen LogP contribution in [0.1, 0.15) is 19.7 Å². The van der Waals surface area contributed by atoms with Gasteiger partial charge in [0.1, 0.15) is 5.82 Å². The molecule has 106 valence electrons. The molecule has 6 nitrogen and oxygen atoms in total. The Morgan fingerprint density at radius 1 is 1.33 bits per heavy atom. The molecular weight excluding hydrogens is 276 g/mol. The van der Waals surface area contributed by atoms with Crippen LogP contribution in [0, 0.1) is 6.92 Å². The second kappa shape index (κ2) is 7.73. The lowest BCUT2D eigenvalue weighted by atomic mass is 10.6. The summed E-state index contributed by atoms with van der Waals surface area (Å²) in [4.78, 5) is 4.04. The molecule has 1 aromatic rings. The van der Waals surface area contributed by atoms with E-state index in [1.54, 1.807) is 17.7 Å². The summed E-state index contributed by atoms with van der Waals surface area (Å²) in [6, 6.07) is 0. The second-order valence-electron chi connectivity index (χ2n) is 3.66. The number of hydrogen-bond donors (Lipinski definition) is 2. The van der Waals surface area contributed by atoms with Gasteiger partial charge in [0, 0.05) is 25.8 Å². The number of sulfonamides is 1. The van der Waals surface area contributed by atoms with Crippen LogP contribution in [-0.4, -0.2) is 37.6 Å². The lowest BCUT2D eigenvalue weighted by Gasteiger charge is -2.04. The average Bonchev–Trinajstić information content (AvgIpc) is 2.67. The molecule has 0 saturated heterocycles. The number of nitrogens with one attached hydrogen (secondary N) is 2. The highest BCUT2D eigenvalue weighted by molar-refractivity contribution is 7.89. The van der Waals surface area contributed by atoms with Crippen molar-refractivity contribution in [1.82, 2.24) is 19.6 Å². The molecule has 0 fully saturated rings. The number of halogens is 1. The molecule has 0 unspecified atom stereocenters. The highest BCUT2D eigenvalue weighted by Crippen LogP contribution is 2.08. The minimum Gasteiger partial charge on any atom is -0.334 e. The van der Waals surface area contributed by atoms with Crippen molar-refractivity contribution in [3.05, 3.63) is 12.0 Å². The van der Waals surface area contributed by atoms with E-state index >= 15 is 0 Å². The Labute approximate surface area is 115 Å². The zero-order valence-corrected chi connectivity index (χ0v) is 12.6. The topological polar surface area (TPSA) is 76.0 Å². The van der Waals surface area contributed by atoms with E-state index in [1.807, 2.05) is 13.8 Å². The second-order valence-corrected chi connectivity index (χ2v) is 5.38. The van der Waals surface area contributed by atoms with Crippen LogP contribution in [0.5, 0.6) is 0 Å². The Morgan fingerprint density at radius 2 is 2.00 bits per heavy atom. The minimum absolute atomic E-state index is 0. The van der Waals surface area contributed by atoms with Gasteiger partial charge in [-0.3, -0.25) is 0 Å². The molecule has 0 aliphatic rings. The molecule has 1 aromatic heterocycles. The maximum Gasteiger partial charge on any atom is 0.259 e. The Hall–Kier alpha value is -0.630. The van der Waals surface area contributed by atoms with E-state index in [0.29, 0.717) is 25.5 Å². The normalized spacial score (nSPS) is 11.3. The summed E-state index contributed by atoms with van der Waals surface area (Å²) in [5.41, 5.74) is 0. The first-order valence-electron chi connectivity index (χ1n) is 5.75. The van der Waals surface area contributed by atoms with Crippen LogP contribution in [0.3, 0.4) is 0 Å². The van der Waals surface area contributed by atoms with Crippen molar-refractivity contribution in [1.29, 1.82) is 0 Å². The minimum atomic E-state index is -3.47. The summed E-state index contributed by atoms with van der Waals surface area (Å²) in [6.07, 6.45) is 1.56. The average molecular weight is 297 g/mol. The molecule has 0 bridgehead atoms. The molecule has 0 saturated carbocycles. The lowest BCUT2D eigenvalue weighted by molar-refractivity contribution is 0.574. The van der Waals surface area contributed by atoms with Crippen molar-refractivity contribution in [3.8, 4) is 0 Å². The molecule has 0 radical (unpaired) electrons. The fraction of sp³-hybridized carbons (Fsp3) is 0.700. The van der Waals surface area contributed by atoms with E-state index in [9.17, 15) is 8.42 Å². The number of imidazole rings is 1. The fourth-order valence-corrected chi connectivity index (χ4v) is 2.49. The smallest absolute Gasteiger partial charge is 0.259 e. The van der Waals surface area contributed by atoms with Crippen LogP contribution in [0.15, 0.2) is 11.2 Å². The van der Waals surface area contributed by atoms with Gasteiger partial charge in [-0.2, -0.15) is 0 Å². The predicted octanol–water partition coefficient (Wildman–Crippen LogP) is 0.521. The maximum atomic E-state index is 11.9. The third-order valence-electron chi connectivity index (χ3n) is 2.41. The summed E-state index contributed by atoms with van der Waals surface area (Å²) in [5.74, 6) is 0.708. The first-order valence-corrected chi connectivity index (χ1v) is 7.23. The molecule has 0 amide bonds. The summed E-state index contributed by atoms with van der Waals surface area (Å²) in [5, 5.41) is 3.14. The van der Waals surface area contributed by atoms with Gasteiger partial charge in [0.05, 0.1) is 0 Å². The number of aryl methyl sites for hydroxylation is 2. The monoisotopic (exact) mass is 296 g/mol. The highest BCUT2D eigenvalue weighted by Gasteiger charge is 2.17. The van der Waals surface area contributed by atoms with Gasteiger partial charge in [-0.1, -0.05) is 6.92 Å². The quantitative estimate of drug-likeness (QED) is 0.719. The van der Waals surface area contributed by atoms with Crippen LogP contribution in [-0.2, 0) is 16.6 Å². The van der Waals surface area contributed by atoms with Gasteiger partial charge in [0.2, 0.25) is 0 Å². The molecule has 0 aliphatic heterocycles. The van der Waals surface area contributed by atoms with Crippen molar-refractivity contribution in [2.24, 2.45) is 0 Å². The molecular formula is C10H21ClN4O2S. The molecule has 18 heavy (non-hydrogen) atoms. The summed E-state index contributed by atoms with van der Waals surface area (Å²) in [6.45, 7) is 8.24. The third kappa shape index (κ3) is 4.56. The number of rotatable bonds is 7. The molecule has 1 rings (SSSR count). The Kier molecular flexibility index (Phi) is 7.46. The first kappa shape index (κ1) is 17.4. The largest absolute Gasteiger partial charge is 0.334 e. The van der Waals surface area contributed by atoms with Crippen molar-refractivity contribution >= 4 is 22.4 Å². The predicted molar refractivity (Wildman–Crippen MR) is 73.6 cm³/mol. The molecule has 0 atom stereocenters. The maximum absolute atomic E-state index is 11.9. The van der Waals surface area contributed by atoms with E-state index in [1.165, 1.54) is 0 Å². The zero-order valence-electron chi connectivity index (χ0n) is 10.9. The van der Waals surface area contributed by atoms with E-state index in [0.717, 1.165) is 6.54 Å². The number of likely N-dealkylation sites (N-methyl/N-ethyl adjacent to an activating group) is 1. The van der Waals surface area contributed by atoms with Crippen molar-refractivity contribution in [2.75, 3.05) is 19.6 Å². The molecule has 1 heterocycles. The highest BCUT2D eigenvalue weighted by atomic mass is 35.5. The van der Waals surface area contributed by atoms with Gasteiger partial charge in [-0.15, -0.1) is 12.4 Å². The van der Waals surface area contributed by atoms with Gasteiger partial charge in [0.25, 0.3) is 10.0 Å². The van der Waals surface area contributed by atoms with E-state index in [-0.39, 0.29) is 17.4 Å². The van der Waals surface area contributed by atoms with Crippen molar-refractivity contribution in [2.45, 2.75) is 32.3 Å². The Balaban J connectivity index is 0.00000289. The van der Waals surface area contributed by atoms with Crippen LogP contribution in [0.25, 0.3) is 0 Å². The van der Waals surface area contributed by atoms with E-state index in [2.05, 4.69) is 15.0 Å². The Morgan fingerprint density at radius 3 is 2.50 bits per heavy atom. The standard InChI is InChI=1S/C10H20N4O2S.ClH/c1-4-11-6-7-12-17(15,16)10-8-14(5-2)9(3)13-10;/h8,11-12H,4-7H2,1-3H3;1H. The third-order valence-corrected chi connectivity index (χ3v) is 3.75. The van der Waals surface area contributed by atoms with Crippen LogP contribution < -0.4 is 10.0 Å². The molecule has 2 N–H and O–H groups in total. The molecule has 0 spiro atoms. The lowest BCUT2D eigenvalue weighted by Crippen LogP contribution is -2.32. The first-order chi connectivity index (χ1) is 8.01. The van der Waals surface area contributed by atoms with E-state index < -0.39 is 10.0 Å². The summed E-state index contributed by atoms with van der Waals surface area (Å²) >= 11 is 0. The van der Waals surface area contributed by atoms with Gasteiger partial charge in [0.15, 0.2) is 5.03 Å². The van der Waals surface area contributed by atoms with Gasteiger partial charge < -0.3 is 9.88 Å². The van der Waals surface area contributed by atoms with Gasteiger partial charge in [-0.25, -0.2) is 18.1 Å². The number of nitrogens with zero attached hydrogens (tertiary/aromatic N) is 2. The SMILES string of the molecule is CCNCCNS(=O)(=O)c1cn(CC)c(C)n1.Cl. The molecule has 0 aliphatic carbocycles. The molecule has 0 aromatic carbocycles. The Bertz CT molecular complexity index is 458. The van der Waals surface area contributed by atoms with E-state index in [4.69, 9.17) is 0 Å².